The van der Waals surface area contributed by atoms with Gasteiger partial charge in [-0.25, -0.2) is 0 Å². The predicted octanol–water partition coefficient (Wildman–Crippen LogP) is 3.16. The number of halogens is 1. The van der Waals surface area contributed by atoms with Gasteiger partial charge in [-0.15, -0.1) is 0 Å². The highest BCUT2D eigenvalue weighted by molar-refractivity contribution is 6.33. The van der Waals surface area contributed by atoms with Gasteiger partial charge in [-0.1, -0.05) is 17.7 Å². The molecule has 1 saturated heterocycles. The number of hydrogen-bond acceptors (Lipinski definition) is 3. The van der Waals surface area contributed by atoms with Gasteiger partial charge in [0.1, 0.15) is 0 Å². The maximum absolute atomic E-state index is 11.1. The van der Waals surface area contributed by atoms with E-state index in [0.29, 0.717) is 10.6 Å². The molecule has 0 bridgehead atoms. The van der Waals surface area contributed by atoms with Gasteiger partial charge in [0.2, 0.25) is 0 Å². The van der Waals surface area contributed by atoms with Crippen LogP contribution in [0.1, 0.15) is 30.1 Å². The molecule has 0 aromatic heterocycles. The average Bonchev–Trinajstić information content (AvgIpc) is 2.38. The van der Waals surface area contributed by atoms with Crippen molar-refractivity contribution < 1.29 is 9.53 Å². The number of benzene rings is 1. The van der Waals surface area contributed by atoms with Crippen molar-refractivity contribution in [2.75, 3.05) is 25.1 Å². The Hall–Kier alpha value is -1.06. The van der Waals surface area contributed by atoms with Gasteiger partial charge in [0.05, 0.1) is 16.3 Å². The Morgan fingerprint density at radius 2 is 2.28 bits per heavy atom. The van der Waals surface area contributed by atoms with Crippen molar-refractivity contribution in [1.29, 1.82) is 0 Å². The normalized spacial score (nSPS) is 24.1. The number of ether oxygens (including phenoxy) is 1. The smallest absolute Gasteiger partial charge is 0.152 e. The summed E-state index contributed by atoms with van der Waals surface area (Å²) < 4.78 is 5.57. The van der Waals surface area contributed by atoms with Crippen LogP contribution in [0, 0.1) is 0 Å². The lowest BCUT2D eigenvalue weighted by molar-refractivity contribution is -0.00467. The van der Waals surface area contributed by atoms with E-state index in [9.17, 15) is 4.79 Å². The zero-order valence-electron chi connectivity index (χ0n) is 10.8. The zero-order chi connectivity index (χ0) is 13.2. The number of methoxy groups -OCH3 is 1. The van der Waals surface area contributed by atoms with Crippen LogP contribution >= 0.6 is 11.6 Å². The highest BCUT2D eigenvalue weighted by Gasteiger charge is 2.32. The summed E-state index contributed by atoms with van der Waals surface area (Å²) in [5.74, 6) is 0. The molecule has 1 fully saturated rings. The van der Waals surface area contributed by atoms with E-state index >= 15 is 0 Å². The van der Waals surface area contributed by atoms with Crippen molar-refractivity contribution in [3.63, 3.8) is 0 Å². The second-order valence-corrected chi connectivity index (χ2v) is 5.38. The number of piperidine rings is 1. The minimum Gasteiger partial charge on any atom is -0.377 e. The van der Waals surface area contributed by atoms with Crippen LogP contribution in [0.5, 0.6) is 0 Å². The van der Waals surface area contributed by atoms with Crippen LogP contribution in [-0.2, 0) is 4.74 Å². The minimum absolute atomic E-state index is 0.169. The molecular weight excluding hydrogens is 250 g/mol. The van der Waals surface area contributed by atoms with Gasteiger partial charge in [-0.05, 0) is 31.9 Å². The Morgan fingerprint density at radius 1 is 1.50 bits per heavy atom. The summed E-state index contributed by atoms with van der Waals surface area (Å²) in [6.07, 6.45) is 2.93. The second kappa shape index (κ2) is 5.29. The third-order valence-corrected chi connectivity index (χ3v) is 3.92. The number of nitrogens with zero attached hydrogens (tertiary/aromatic N) is 1. The van der Waals surface area contributed by atoms with Crippen molar-refractivity contribution in [2.45, 2.75) is 25.4 Å². The molecule has 3 nitrogen and oxygen atoms in total. The van der Waals surface area contributed by atoms with E-state index in [2.05, 4.69) is 11.8 Å². The van der Waals surface area contributed by atoms with Crippen molar-refractivity contribution in [2.24, 2.45) is 0 Å². The molecule has 1 aliphatic rings. The number of anilines is 1. The van der Waals surface area contributed by atoms with Crippen LogP contribution < -0.4 is 4.90 Å². The van der Waals surface area contributed by atoms with E-state index in [0.717, 1.165) is 37.9 Å². The molecule has 0 spiro atoms. The number of rotatable bonds is 3. The SMILES string of the molecule is COC1(C)CCCN(c2c(Cl)cccc2C=O)C1. The van der Waals surface area contributed by atoms with Crippen LogP contribution in [-0.4, -0.2) is 32.1 Å². The van der Waals surface area contributed by atoms with Gasteiger partial charge in [-0.3, -0.25) is 4.79 Å². The first-order chi connectivity index (χ1) is 8.59. The van der Waals surface area contributed by atoms with Crippen molar-refractivity contribution in [3.05, 3.63) is 28.8 Å². The quantitative estimate of drug-likeness (QED) is 0.788. The number of hydrogen-bond donors (Lipinski definition) is 0. The van der Waals surface area contributed by atoms with Crippen LogP contribution in [0.25, 0.3) is 0 Å². The minimum atomic E-state index is -0.169. The molecule has 0 saturated carbocycles. The van der Waals surface area contributed by atoms with E-state index in [1.54, 1.807) is 19.2 Å². The molecule has 1 atom stereocenters. The summed E-state index contributed by atoms with van der Waals surface area (Å²) in [5, 5.41) is 0.625. The molecule has 0 radical (unpaired) electrons. The molecule has 1 heterocycles. The summed E-state index contributed by atoms with van der Waals surface area (Å²) >= 11 is 6.24. The van der Waals surface area contributed by atoms with Gasteiger partial charge in [-0.2, -0.15) is 0 Å². The van der Waals surface area contributed by atoms with E-state index in [-0.39, 0.29) is 5.60 Å². The molecule has 1 aliphatic heterocycles. The fourth-order valence-corrected chi connectivity index (χ4v) is 2.83. The summed E-state index contributed by atoms with van der Waals surface area (Å²) in [6, 6.07) is 5.42. The molecule has 2 rings (SSSR count). The maximum atomic E-state index is 11.1. The van der Waals surface area contributed by atoms with Crippen molar-refractivity contribution in [1.82, 2.24) is 0 Å². The fourth-order valence-electron chi connectivity index (χ4n) is 2.52. The summed E-state index contributed by atoms with van der Waals surface area (Å²) in [7, 11) is 1.73. The molecule has 1 aromatic carbocycles. The maximum Gasteiger partial charge on any atom is 0.152 e. The third-order valence-electron chi connectivity index (χ3n) is 3.61. The van der Waals surface area contributed by atoms with E-state index in [4.69, 9.17) is 16.3 Å². The molecule has 18 heavy (non-hydrogen) atoms. The van der Waals surface area contributed by atoms with E-state index < -0.39 is 0 Å². The van der Waals surface area contributed by atoms with E-state index in [1.165, 1.54) is 0 Å². The molecule has 1 unspecified atom stereocenters. The number of para-hydroxylation sites is 1. The Morgan fingerprint density at radius 3 is 2.94 bits per heavy atom. The van der Waals surface area contributed by atoms with Gasteiger partial charge in [0.15, 0.2) is 6.29 Å². The standard InChI is InChI=1S/C14H18ClNO2/c1-14(18-2)7-4-8-16(10-14)13-11(9-17)5-3-6-12(13)15/h3,5-6,9H,4,7-8,10H2,1-2H3. The highest BCUT2D eigenvalue weighted by atomic mass is 35.5. The zero-order valence-corrected chi connectivity index (χ0v) is 11.5. The van der Waals surface area contributed by atoms with Gasteiger partial charge >= 0.3 is 0 Å². The predicted molar refractivity (Wildman–Crippen MR) is 73.7 cm³/mol. The first kappa shape index (κ1) is 13.4. The second-order valence-electron chi connectivity index (χ2n) is 4.97. The number of carbonyl (C=O) groups is 1. The lowest BCUT2D eigenvalue weighted by Crippen LogP contribution is -2.47. The molecule has 0 N–H and O–H groups in total. The highest BCUT2D eigenvalue weighted by Crippen LogP contribution is 2.34. The van der Waals surface area contributed by atoms with E-state index in [1.807, 2.05) is 6.07 Å². The Labute approximate surface area is 113 Å². The summed E-state index contributed by atoms with van der Waals surface area (Å²) in [4.78, 5) is 13.3. The lowest BCUT2D eigenvalue weighted by Gasteiger charge is -2.41. The number of carbonyl (C=O) groups excluding carboxylic acids is 1. The third kappa shape index (κ3) is 2.52. The van der Waals surface area contributed by atoms with Crippen LogP contribution in [0.2, 0.25) is 5.02 Å². The Bertz CT molecular complexity index is 449. The largest absolute Gasteiger partial charge is 0.377 e. The van der Waals surface area contributed by atoms with Gasteiger partial charge < -0.3 is 9.64 Å². The molecular formula is C14H18ClNO2. The lowest BCUT2D eigenvalue weighted by atomic mass is 9.94. The van der Waals surface area contributed by atoms with Gasteiger partial charge in [0, 0.05) is 25.8 Å². The summed E-state index contributed by atoms with van der Waals surface area (Å²) in [5.41, 5.74) is 1.30. The fraction of sp³-hybridized carbons (Fsp3) is 0.500. The summed E-state index contributed by atoms with van der Waals surface area (Å²) in [6.45, 7) is 3.76. The Balaban J connectivity index is 2.34. The first-order valence-corrected chi connectivity index (χ1v) is 6.51. The van der Waals surface area contributed by atoms with Gasteiger partial charge in [0.25, 0.3) is 0 Å². The van der Waals surface area contributed by atoms with Crippen LogP contribution in [0.4, 0.5) is 5.69 Å². The average molecular weight is 268 g/mol. The molecule has 98 valence electrons. The molecule has 4 heteroatoms. The molecule has 0 aliphatic carbocycles. The Kier molecular flexibility index (Phi) is 3.93. The van der Waals surface area contributed by atoms with Crippen LogP contribution in [0.3, 0.4) is 0 Å². The van der Waals surface area contributed by atoms with Crippen molar-refractivity contribution in [3.8, 4) is 0 Å². The monoisotopic (exact) mass is 267 g/mol. The molecule has 0 amide bonds. The molecule has 1 aromatic rings. The van der Waals surface area contributed by atoms with Crippen LogP contribution in [0.15, 0.2) is 18.2 Å². The van der Waals surface area contributed by atoms with Crippen molar-refractivity contribution >= 4 is 23.6 Å². The number of aldehydes is 1. The first-order valence-electron chi connectivity index (χ1n) is 6.13. The topological polar surface area (TPSA) is 29.5 Å².